The second-order valence-electron chi connectivity index (χ2n) is 5.42. The first kappa shape index (κ1) is 15.7. The third-order valence-corrected chi connectivity index (χ3v) is 2.98. The Morgan fingerprint density at radius 3 is 2.31 bits per heavy atom. The summed E-state index contributed by atoms with van der Waals surface area (Å²) < 4.78 is 0. The quantitative estimate of drug-likeness (QED) is 0.608. The van der Waals surface area contributed by atoms with Gasteiger partial charge in [0.05, 0.1) is 0 Å². The molecule has 0 bridgehead atoms. The van der Waals surface area contributed by atoms with Gasteiger partial charge in [-0.15, -0.1) is 6.58 Å². The summed E-state index contributed by atoms with van der Waals surface area (Å²) in [6.45, 7) is 11.7. The van der Waals surface area contributed by atoms with Crippen LogP contribution in [-0.2, 0) is 0 Å². The molecule has 1 N–H and O–H groups in total. The summed E-state index contributed by atoms with van der Waals surface area (Å²) in [6, 6.07) is 1.23. The molecule has 2 unspecified atom stereocenters. The minimum absolute atomic E-state index is 0.590. The van der Waals surface area contributed by atoms with Crippen LogP contribution in [0, 0.1) is 5.92 Å². The Bertz CT molecular complexity index is 176. The molecule has 0 radical (unpaired) electrons. The van der Waals surface area contributed by atoms with E-state index in [1.807, 2.05) is 6.08 Å². The largest absolute Gasteiger partial charge is 0.313 e. The number of nitrogens with one attached hydrogen (secondary N) is 1. The van der Waals surface area contributed by atoms with Gasteiger partial charge in [-0.25, -0.2) is 0 Å². The van der Waals surface area contributed by atoms with Crippen molar-refractivity contribution in [1.82, 2.24) is 10.2 Å². The van der Waals surface area contributed by atoms with Crippen LogP contribution in [0.4, 0.5) is 0 Å². The van der Waals surface area contributed by atoms with E-state index < -0.39 is 0 Å². The van der Waals surface area contributed by atoms with Crippen LogP contribution in [-0.4, -0.2) is 37.6 Å². The average Bonchev–Trinajstić information content (AvgIpc) is 2.20. The van der Waals surface area contributed by atoms with Crippen molar-refractivity contribution in [3.8, 4) is 0 Å². The van der Waals surface area contributed by atoms with E-state index in [-0.39, 0.29) is 0 Å². The molecule has 96 valence electrons. The monoisotopic (exact) mass is 226 g/mol. The molecule has 0 aliphatic rings. The highest BCUT2D eigenvalue weighted by Crippen LogP contribution is 2.08. The predicted molar refractivity (Wildman–Crippen MR) is 73.8 cm³/mol. The van der Waals surface area contributed by atoms with Gasteiger partial charge in [0.15, 0.2) is 0 Å². The molecule has 0 fully saturated rings. The SMILES string of the molecule is C=CCCC(C)NCC(CC(C)C)N(C)C. The predicted octanol–water partition coefficient (Wildman–Crippen LogP) is 2.91. The maximum absolute atomic E-state index is 3.76. The van der Waals surface area contributed by atoms with Crippen LogP contribution < -0.4 is 5.32 Å². The van der Waals surface area contributed by atoms with Crippen molar-refractivity contribution in [3.63, 3.8) is 0 Å². The molecule has 0 saturated carbocycles. The molecule has 0 amide bonds. The van der Waals surface area contributed by atoms with Gasteiger partial charge in [-0.1, -0.05) is 19.9 Å². The Morgan fingerprint density at radius 2 is 1.88 bits per heavy atom. The molecule has 0 aliphatic heterocycles. The highest BCUT2D eigenvalue weighted by atomic mass is 15.1. The Labute approximate surface area is 102 Å². The van der Waals surface area contributed by atoms with Gasteiger partial charge in [-0.05, 0) is 46.2 Å². The second-order valence-corrected chi connectivity index (χ2v) is 5.42. The Hall–Kier alpha value is -0.340. The lowest BCUT2D eigenvalue weighted by Crippen LogP contribution is -2.41. The number of allylic oxidation sites excluding steroid dienone is 1. The lowest BCUT2D eigenvalue weighted by Gasteiger charge is -2.27. The van der Waals surface area contributed by atoms with Gasteiger partial charge in [-0.3, -0.25) is 0 Å². The van der Waals surface area contributed by atoms with Gasteiger partial charge in [0, 0.05) is 18.6 Å². The molecule has 0 saturated heterocycles. The lowest BCUT2D eigenvalue weighted by molar-refractivity contribution is 0.240. The van der Waals surface area contributed by atoms with Crippen LogP contribution in [0.15, 0.2) is 12.7 Å². The molecule has 0 aromatic heterocycles. The van der Waals surface area contributed by atoms with Crippen LogP contribution in [0.3, 0.4) is 0 Å². The fraction of sp³-hybridized carbons (Fsp3) is 0.857. The van der Waals surface area contributed by atoms with Gasteiger partial charge < -0.3 is 10.2 Å². The molecule has 0 aromatic rings. The van der Waals surface area contributed by atoms with Gasteiger partial charge in [0.1, 0.15) is 0 Å². The topological polar surface area (TPSA) is 15.3 Å². The molecule has 16 heavy (non-hydrogen) atoms. The molecule has 2 nitrogen and oxygen atoms in total. The van der Waals surface area contributed by atoms with Crippen molar-refractivity contribution in [2.75, 3.05) is 20.6 Å². The second kappa shape index (κ2) is 8.77. The van der Waals surface area contributed by atoms with Crippen LogP contribution >= 0.6 is 0 Å². The third kappa shape index (κ3) is 7.89. The van der Waals surface area contributed by atoms with Crippen molar-refractivity contribution in [1.29, 1.82) is 0 Å². The van der Waals surface area contributed by atoms with E-state index in [2.05, 4.69) is 51.7 Å². The number of hydrogen-bond acceptors (Lipinski definition) is 2. The van der Waals surface area contributed by atoms with Crippen LogP contribution in [0.5, 0.6) is 0 Å². The summed E-state index contributed by atoms with van der Waals surface area (Å²) >= 11 is 0. The highest BCUT2D eigenvalue weighted by molar-refractivity contribution is 4.75. The van der Waals surface area contributed by atoms with E-state index in [9.17, 15) is 0 Å². The smallest absolute Gasteiger partial charge is 0.0217 e. The highest BCUT2D eigenvalue weighted by Gasteiger charge is 2.13. The van der Waals surface area contributed by atoms with E-state index in [0.29, 0.717) is 12.1 Å². The minimum atomic E-state index is 0.590. The summed E-state index contributed by atoms with van der Waals surface area (Å²) in [6.07, 6.45) is 5.54. The molecule has 0 heterocycles. The molecule has 2 heteroatoms. The van der Waals surface area contributed by atoms with E-state index in [4.69, 9.17) is 0 Å². The van der Waals surface area contributed by atoms with Crippen molar-refractivity contribution in [2.45, 2.75) is 52.1 Å². The van der Waals surface area contributed by atoms with Crippen molar-refractivity contribution in [3.05, 3.63) is 12.7 Å². The average molecular weight is 226 g/mol. The Balaban J connectivity index is 3.86. The molecular formula is C14H30N2. The first-order valence-corrected chi connectivity index (χ1v) is 6.48. The van der Waals surface area contributed by atoms with E-state index in [1.165, 1.54) is 12.8 Å². The van der Waals surface area contributed by atoms with Crippen LogP contribution in [0.25, 0.3) is 0 Å². The van der Waals surface area contributed by atoms with Gasteiger partial charge in [0.2, 0.25) is 0 Å². The summed E-state index contributed by atoms with van der Waals surface area (Å²) in [5.41, 5.74) is 0. The van der Waals surface area contributed by atoms with E-state index in [1.54, 1.807) is 0 Å². The molecular weight excluding hydrogens is 196 g/mol. The van der Waals surface area contributed by atoms with Crippen molar-refractivity contribution >= 4 is 0 Å². The van der Waals surface area contributed by atoms with Gasteiger partial charge in [0.25, 0.3) is 0 Å². The van der Waals surface area contributed by atoms with E-state index in [0.717, 1.165) is 18.9 Å². The summed E-state index contributed by atoms with van der Waals surface area (Å²) in [4.78, 5) is 2.33. The number of rotatable bonds is 9. The number of nitrogens with zero attached hydrogens (tertiary/aromatic N) is 1. The summed E-state index contributed by atoms with van der Waals surface area (Å²) in [5.74, 6) is 0.762. The van der Waals surface area contributed by atoms with Crippen LogP contribution in [0.2, 0.25) is 0 Å². The van der Waals surface area contributed by atoms with Gasteiger partial charge >= 0.3 is 0 Å². The maximum Gasteiger partial charge on any atom is 0.0217 e. The number of likely N-dealkylation sites (N-methyl/N-ethyl adjacent to an activating group) is 1. The zero-order valence-corrected chi connectivity index (χ0v) is 11.8. The normalized spacial score (nSPS) is 15.4. The first-order valence-electron chi connectivity index (χ1n) is 6.48. The molecule has 0 rings (SSSR count). The maximum atomic E-state index is 3.76. The van der Waals surface area contributed by atoms with Gasteiger partial charge in [-0.2, -0.15) is 0 Å². The zero-order valence-electron chi connectivity index (χ0n) is 11.8. The van der Waals surface area contributed by atoms with Crippen molar-refractivity contribution < 1.29 is 0 Å². The fourth-order valence-electron chi connectivity index (χ4n) is 1.83. The molecule has 0 aromatic carbocycles. The Morgan fingerprint density at radius 1 is 1.25 bits per heavy atom. The summed E-state index contributed by atoms with van der Waals surface area (Å²) in [7, 11) is 4.34. The minimum Gasteiger partial charge on any atom is -0.313 e. The fourth-order valence-corrected chi connectivity index (χ4v) is 1.83. The molecule has 0 spiro atoms. The van der Waals surface area contributed by atoms with Crippen molar-refractivity contribution in [2.24, 2.45) is 5.92 Å². The van der Waals surface area contributed by atoms with E-state index >= 15 is 0 Å². The number of hydrogen-bond donors (Lipinski definition) is 1. The standard InChI is InChI=1S/C14H30N2/c1-7-8-9-13(4)15-11-14(16(5)6)10-12(2)3/h7,12-15H,1,8-11H2,2-6H3. The zero-order chi connectivity index (χ0) is 12.6. The summed E-state index contributed by atoms with van der Waals surface area (Å²) in [5, 5.41) is 3.61. The lowest BCUT2D eigenvalue weighted by atomic mass is 10.0. The Kier molecular flexibility index (Phi) is 8.58. The molecule has 2 atom stereocenters. The first-order chi connectivity index (χ1) is 7.47. The van der Waals surface area contributed by atoms with Crippen LogP contribution in [0.1, 0.15) is 40.0 Å². The third-order valence-electron chi connectivity index (χ3n) is 2.98. The molecule has 0 aliphatic carbocycles.